The predicted molar refractivity (Wildman–Crippen MR) is 65.0 cm³/mol. The van der Waals surface area contributed by atoms with E-state index in [4.69, 9.17) is 11.6 Å². The summed E-state index contributed by atoms with van der Waals surface area (Å²) in [4.78, 5) is 32.1. The second kappa shape index (κ2) is 6.80. The number of hydrogen-bond acceptors (Lipinski definition) is 6. The third kappa shape index (κ3) is 3.89. The van der Waals surface area contributed by atoms with Crippen LogP contribution in [-0.4, -0.2) is 30.1 Å². The van der Waals surface area contributed by atoms with Crippen LogP contribution in [0.3, 0.4) is 0 Å². The SMILES string of the molecule is CCOC(=O)COC(=O)c1cc([N+](=O)[O-])c(F)cc1Cl. The average molecular weight is 306 g/mol. The summed E-state index contributed by atoms with van der Waals surface area (Å²) < 4.78 is 22.3. The van der Waals surface area contributed by atoms with Crippen molar-refractivity contribution in [1.29, 1.82) is 0 Å². The van der Waals surface area contributed by atoms with Crippen LogP contribution in [0.2, 0.25) is 5.02 Å². The molecule has 0 N–H and O–H groups in total. The molecule has 7 nitrogen and oxygen atoms in total. The fourth-order valence-corrected chi connectivity index (χ4v) is 1.47. The quantitative estimate of drug-likeness (QED) is 0.469. The molecule has 0 atom stereocenters. The number of nitrogens with zero attached hydrogens (tertiary/aromatic N) is 1. The van der Waals surface area contributed by atoms with Crippen LogP contribution in [0, 0.1) is 15.9 Å². The third-order valence-electron chi connectivity index (χ3n) is 2.08. The Hall–Kier alpha value is -2.22. The zero-order chi connectivity index (χ0) is 15.3. The topological polar surface area (TPSA) is 95.7 Å². The molecule has 0 saturated heterocycles. The zero-order valence-electron chi connectivity index (χ0n) is 10.2. The Bertz CT molecular complexity index is 562. The van der Waals surface area contributed by atoms with Crippen molar-refractivity contribution < 1.29 is 28.4 Å². The number of hydrogen-bond donors (Lipinski definition) is 0. The molecule has 1 aromatic rings. The number of carbonyl (C=O) groups is 2. The Morgan fingerprint density at radius 3 is 2.60 bits per heavy atom. The third-order valence-corrected chi connectivity index (χ3v) is 2.39. The fraction of sp³-hybridized carbons (Fsp3) is 0.273. The van der Waals surface area contributed by atoms with Gasteiger partial charge in [-0.15, -0.1) is 0 Å². The Balaban J connectivity index is 2.90. The van der Waals surface area contributed by atoms with Gasteiger partial charge < -0.3 is 9.47 Å². The highest BCUT2D eigenvalue weighted by atomic mass is 35.5. The Morgan fingerprint density at radius 1 is 1.40 bits per heavy atom. The van der Waals surface area contributed by atoms with Gasteiger partial charge in [0.05, 0.1) is 22.1 Å². The highest BCUT2D eigenvalue weighted by Gasteiger charge is 2.22. The van der Waals surface area contributed by atoms with Gasteiger partial charge in [0.15, 0.2) is 6.61 Å². The molecule has 20 heavy (non-hydrogen) atoms. The van der Waals surface area contributed by atoms with E-state index in [1.807, 2.05) is 0 Å². The first-order valence-corrected chi connectivity index (χ1v) is 5.70. The van der Waals surface area contributed by atoms with Gasteiger partial charge in [-0.2, -0.15) is 4.39 Å². The summed E-state index contributed by atoms with van der Waals surface area (Å²) in [5.41, 5.74) is -1.33. The van der Waals surface area contributed by atoms with Crippen LogP contribution in [-0.2, 0) is 14.3 Å². The molecule has 0 unspecified atom stereocenters. The summed E-state index contributed by atoms with van der Waals surface area (Å²) in [5, 5.41) is 10.2. The van der Waals surface area contributed by atoms with Crippen molar-refractivity contribution in [1.82, 2.24) is 0 Å². The normalized spacial score (nSPS) is 9.95. The minimum Gasteiger partial charge on any atom is -0.463 e. The number of nitro groups is 1. The van der Waals surface area contributed by atoms with Crippen molar-refractivity contribution in [2.75, 3.05) is 13.2 Å². The smallest absolute Gasteiger partial charge is 0.344 e. The van der Waals surface area contributed by atoms with Crippen LogP contribution in [0.25, 0.3) is 0 Å². The van der Waals surface area contributed by atoms with E-state index in [0.717, 1.165) is 0 Å². The molecule has 0 amide bonds. The molecule has 108 valence electrons. The van der Waals surface area contributed by atoms with Crippen molar-refractivity contribution in [2.45, 2.75) is 6.92 Å². The monoisotopic (exact) mass is 305 g/mol. The van der Waals surface area contributed by atoms with Crippen LogP contribution in [0.4, 0.5) is 10.1 Å². The van der Waals surface area contributed by atoms with Crippen molar-refractivity contribution >= 4 is 29.2 Å². The molecule has 0 radical (unpaired) electrons. The summed E-state index contributed by atoms with van der Waals surface area (Å²) in [7, 11) is 0. The van der Waals surface area contributed by atoms with Crippen LogP contribution in [0.15, 0.2) is 12.1 Å². The number of benzene rings is 1. The molecule has 0 aliphatic heterocycles. The Morgan fingerprint density at radius 2 is 2.05 bits per heavy atom. The fourth-order valence-electron chi connectivity index (χ4n) is 1.24. The molecule has 0 heterocycles. The Kier molecular flexibility index (Phi) is 5.39. The van der Waals surface area contributed by atoms with E-state index < -0.39 is 40.5 Å². The van der Waals surface area contributed by atoms with Gasteiger partial charge in [-0.3, -0.25) is 10.1 Å². The minimum atomic E-state index is -1.18. The van der Waals surface area contributed by atoms with Crippen molar-refractivity contribution in [3.05, 3.63) is 38.7 Å². The first-order valence-electron chi connectivity index (χ1n) is 5.33. The van der Waals surface area contributed by atoms with Gasteiger partial charge in [-0.05, 0) is 6.92 Å². The first-order chi connectivity index (χ1) is 9.36. The van der Waals surface area contributed by atoms with Gasteiger partial charge in [0.2, 0.25) is 5.82 Å². The lowest BCUT2D eigenvalue weighted by Gasteiger charge is -2.06. The molecule has 0 bridgehead atoms. The van der Waals surface area contributed by atoms with E-state index in [1.165, 1.54) is 0 Å². The number of carbonyl (C=O) groups excluding carboxylic acids is 2. The van der Waals surface area contributed by atoms with Gasteiger partial charge in [-0.1, -0.05) is 11.6 Å². The standard InChI is InChI=1S/C11H9ClFNO6/c1-2-19-10(15)5-20-11(16)6-3-9(14(17)18)8(13)4-7(6)12/h3-4H,2,5H2,1H3. The molecule has 0 aliphatic rings. The number of nitro benzene ring substituents is 1. The lowest BCUT2D eigenvalue weighted by atomic mass is 10.2. The number of esters is 2. The van der Waals surface area contributed by atoms with E-state index in [2.05, 4.69) is 9.47 Å². The molecule has 0 aromatic heterocycles. The highest BCUT2D eigenvalue weighted by Crippen LogP contribution is 2.26. The lowest BCUT2D eigenvalue weighted by molar-refractivity contribution is -0.387. The van der Waals surface area contributed by atoms with Gasteiger partial charge in [0, 0.05) is 12.1 Å². The largest absolute Gasteiger partial charge is 0.463 e. The van der Waals surface area contributed by atoms with Crippen LogP contribution < -0.4 is 0 Å². The molecule has 1 aromatic carbocycles. The molecule has 0 saturated carbocycles. The van der Waals surface area contributed by atoms with Crippen LogP contribution >= 0.6 is 11.6 Å². The molecular formula is C11H9ClFNO6. The highest BCUT2D eigenvalue weighted by molar-refractivity contribution is 6.33. The second-order valence-electron chi connectivity index (χ2n) is 3.42. The first kappa shape index (κ1) is 15.8. The number of ether oxygens (including phenoxy) is 2. The lowest BCUT2D eigenvalue weighted by Crippen LogP contribution is -2.17. The number of rotatable bonds is 5. The van der Waals surface area contributed by atoms with E-state index in [-0.39, 0.29) is 11.6 Å². The zero-order valence-corrected chi connectivity index (χ0v) is 11.0. The molecule has 9 heteroatoms. The molecule has 0 fully saturated rings. The molecular weight excluding hydrogens is 297 g/mol. The molecule has 1 rings (SSSR count). The predicted octanol–water partition coefficient (Wildman–Crippen LogP) is 2.11. The maximum absolute atomic E-state index is 13.2. The second-order valence-corrected chi connectivity index (χ2v) is 3.83. The van der Waals surface area contributed by atoms with E-state index in [1.54, 1.807) is 6.92 Å². The van der Waals surface area contributed by atoms with Crippen LogP contribution in [0.1, 0.15) is 17.3 Å². The maximum Gasteiger partial charge on any atom is 0.344 e. The molecule has 0 spiro atoms. The van der Waals surface area contributed by atoms with Crippen LogP contribution in [0.5, 0.6) is 0 Å². The van der Waals surface area contributed by atoms with E-state index in [0.29, 0.717) is 12.1 Å². The van der Waals surface area contributed by atoms with Gasteiger partial charge in [0.25, 0.3) is 0 Å². The summed E-state index contributed by atoms with van der Waals surface area (Å²) in [5.74, 6) is -3.05. The van der Waals surface area contributed by atoms with Gasteiger partial charge in [0.1, 0.15) is 0 Å². The number of halogens is 2. The van der Waals surface area contributed by atoms with Crippen molar-refractivity contribution in [3.63, 3.8) is 0 Å². The summed E-state index contributed by atoms with van der Waals surface area (Å²) >= 11 is 5.60. The summed E-state index contributed by atoms with van der Waals surface area (Å²) in [6.45, 7) is 1.01. The van der Waals surface area contributed by atoms with E-state index in [9.17, 15) is 24.1 Å². The maximum atomic E-state index is 13.2. The summed E-state index contributed by atoms with van der Waals surface area (Å²) in [6.07, 6.45) is 0. The van der Waals surface area contributed by atoms with Gasteiger partial charge >= 0.3 is 17.6 Å². The van der Waals surface area contributed by atoms with Crippen molar-refractivity contribution in [2.24, 2.45) is 0 Å². The average Bonchev–Trinajstić information content (AvgIpc) is 2.36. The summed E-state index contributed by atoms with van der Waals surface area (Å²) in [6, 6.07) is 1.27. The minimum absolute atomic E-state index is 0.110. The van der Waals surface area contributed by atoms with Crippen molar-refractivity contribution in [3.8, 4) is 0 Å². The molecule has 0 aliphatic carbocycles. The Labute approximate surface area is 117 Å². The van der Waals surface area contributed by atoms with Gasteiger partial charge in [-0.25, -0.2) is 9.59 Å². The van der Waals surface area contributed by atoms with E-state index >= 15 is 0 Å².